The van der Waals surface area contributed by atoms with Crippen LogP contribution in [0.3, 0.4) is 0 Å². The predicted molar refractivity (Wildman–Crippen MR) is 167 cm³/mol. The minimum Gasteiger partial charge on any atom is -0.481 e. The highest BCUT2D eigenvalue weighted by Gasteiger charge is 2.30. The lowest BCUT2D eigenvalue weighted by Gasteiger charge is -2.25. The Balaban J connectivity index is 2.86. The number of benzene rings is 1. The van der Waals surface area contributed by atoms with Gasteiger partial charge in [0.2, 0.25) is 17.7 Å². The lowest BCUT2D eigenvalue weighted by atomic mass is 10.0. The van der Waals surface area contributed by atoms with Gasteiger partial charge in [0.25, 0.3) is 0 Å². The number of amides is 4. The van der Waals surface area contributed by atoms with Crippen LogP contribution < -0.4 is 21.3 Å². The minimum absolute atomic E-state index is 0.0279. The van der Waals surface area contributed by atoms with E-state index in [-0.39, 0.29) is 43.6 Å². The van der Waals surface area contributed by atoms with Crippen molar-refractivity contribution < 1.29 is 43.7 Å². The number of carboxylic acids is 2. The average molecular weight is 637 g/mol. The Morgan fingerprint density at radius 2 is 1.55 bits per heavy atom. The molecule has 6 N–H and O–H groups in total. The Morgan fingerprint density at radius 3 is 2.14 bits per heavy atom. The summed E-state index contributed by atoms with van der Waals surface area (Å²) >= 11 is 4.20. The summed E-state index contributed by atoms with van der Waals surface area (Å²) in [4.78, 5) is 73.3. The fourth-order valence-corrected chi connectivity index (χ4v) is 4.13. The second-order valence-corrected chi connectivity index (χ2v) is 11.4. The highest BCUT2D eigenvalue weighted by atomic mass is 32.1. The van der Waals surface area contributed by atoms with Crippen molar-refractivity contribution in [1.82, 2.24) is 21.3 Å². The van der Waals surface area contributed by atoms with Crippen molar-refractivity contribution in [3.05, 3.63) is 41.5 Å². The topological polar surface area (TPSA) is 200 Å². The number of hydrogen-bond acceptors (Lipinski definition) is 8. The number of rotatable bonds is 19. The molecule has 0 heterocycles. The molecule has 0 bridgehead atoms. The van der Waals surface area contributed by atoms with Gasteiger partial charge in [-0.1, -0.05) is 52.0 Å². The molecule has 1 aromatic carbocycles. The highest BCUT2D eigenvalue weighted by molar-refractivity contribution is 7.80. The van der Waals surface area contributed by atoms with Crippen molar-refractivity contribution in [2.45, 2.75) is 71.5 Å². The zero-order chi connectivity index (χ0) is 33.2. The second kappa shape index (κ2) is 20.0. The number of carboxylic acid groups (broad SMARTS) is 2. The van der Waals surface area contributed by atoms with Gasteiger partial charge in [0.15, 0.2) is 0 Å². The van der Waals surface area contributed by atoms with Crippen LogP contribution in [0.15, 0.2) is 30.3 Å². The number of alkyl carbamates (subject to hydrolysis) is 1. The van der Waals surface area contributed by atoms with Gasteiger partial charge in [-0.05, 0) is 48.3 Å². The minimum atomic E-state index is -1.27. The van der Waals surface area contributed by atoms with Crippen molar-refractivity contribution in [2.75, 3.05) is 18.9 Å². The number of ether oxygens (including phenoxy) is 1. The van der Waals surface area contributed by atoms with E-state index in [0.717, 1.165) is 11.6 Å². The molecule has 13 nitrogen and oxygen atoms in total. The van der Waals surface area contributed by atoms with Crippen molar-refractivity contribution in [3.63, 3.8) is 0 Å². The van der Waals surface area contributed by atoms with E-state index in [4.69, 9.17) is 14.9 Å². The van der Waals surface area contributed by atoms with Gasteiger partial charge in [0.05, 0.1) is 6.61 Å². The van der Waals surface area contributed by atoms with Crippen molar-refractivity contribution in [2.24, 2.45) is 11.8 Å². The van der Waals surface area contributed by atoms with Crippen LogP contribution in [-0.4, -0.2) is 83.0 Å². The lowest BCUT2D eigenvalue weighted by molar-refractivity contribution is -0.137. The van der Waals surface area contributed by atoms with Gasteiger partial charge < -0.3 is 36.2 Å². The molecule has 0 aliphatic carbocycles. The van der Waals surface area contributed by atoms with Crippen LogP contribution in [0.4, 0.5) is 4.79 Å². The number of carbonyl (C=O) groups is 6. The summed E-state index contributed by atoms with van der Waals surface area (Å²) < 4.78 is 5.05. The van der Waals surface area contributed by atoms with Crippen LogP contribution in [0.25, 0.3) is 6.08 Å². The molecule has 1 aromatic rings. The average Bonchev–Trinajstić information content (AvgIpc) is 2.95. The van der Waals surface area contributed by atoms with E-state index in [2.05, 4.69) is 33.9 Å². The molecule has 0 saturated heterocycles. The van der Waals surface area contributed by atoms with Crippen LogP contribution in [-0.2, 0) is 35.1 Å². The van der Waals surface area contributed by atoms with E-state index >= 15 is 0 Å². The van der Waals surface area contributed by atoms with E-state index in [1.807, 2.05) is 33.8 Å². The summed E-state index contributed by atoms with van der Waals surface area (Å²) in [5.74, 6) is -4.15. The first kappa shape index (κ1) is 38.0. The Labute approximate surface area is 263 Å². The number of hydrogen-bond donors (Lipinski definition) is 7. The maximum Gasteiger partial charge on any atom is 0.407 e. The molecule has 3 atom stereocenters. The summed E-state index contributed by atoms with van der Waals surface area (Å²) in [6.45, 7) is 7.68. The summed E-state index contributed by atoms with van der Waals surface area (Å²) in [6, 6.07) is 3.79. The molecule has 0 spiro atoms. The van der Waals surface area contributed by atoms with Gasteiger partial charge >= 0.3 is 18.0 Å². The largest absolute Gasteiger partial charge is 0.481 e. The second-order valence-electron chi connectivity index (χ2n) is 11.0. The van der Waals surface area contributed by atoms with Crippen molar-refractivity contribution >= 4 is 54.5 Å². The molecular formula is C30H44N4O9S. The molecule has 1 rings (SSSR count). The van der Waals surface area contributed by atoms with Gasteiger partial charge in [-0.25, -0.2) is 9.59 Å². The third-order valence-electron chi connectivity index (χ3n) is 6.04. The molecule has 0 unspecified atom stereocenters. The van der Waals surface area contributed by atoms with E-state index < -0.39 is 60.3 Å². The fourth-order valence-electron chi connectivity index (χ4n) is 3.88. The summed E-state index contributed by atoms with van der Waals surface area (Å²) in [5, 5.41) is 28.2. The van der Waals surface area contributed by atoms with E-state index in [1.54, 1.807) is 18.2 Å². The molecule has 44 heavy (non-hydrogen) atoms. The molecule has 4 amide bonds. The lowest BCUT2D eigenvalue weighted by Crippen LogP contribution is -2.57. The number of nitrogens with one attached hydrogen (secondary N) is 4. The number of aliphatic carboxylic acids is 2. The van der Waals surface area contributed by atoms with E-state index in [0.29, 0.717) is 12.0 Å². The van der Waals surface area contributed by atoms with Gasteiger partial charge in [-0.2, -0.15) is 12.6 Å². The van der Waals surface area contributed by atoms with Crippen molar-refractivity contribution in [1.29, 1.82) is 0 Å². The zero-order valence-corrected chi connectivity index (χ0v) is 26.4. The van der Waals surface area contributed by atoms with Crippen LogP contribution in [0.2, 0.25) is 0 Å². The molecular weight excluding hydrogens is 592 g/mol. The Bertz CT molecular complexity index is 1170. The normalized spacial score (nSPS) is 13.2. The van der Waals surface area contributed by atoms with Crippen LogP contribution in [0, 0.1) is 11.8 Å². The quantitative estimate of drug-likeness (QED) is 0.0876. The zero-order valence-electron chi connectivity index (χ0n) is 25.5. The highest BCUT2D eigenvalue weighted by Crippen LogP contribution is 2.10. The summed E-state index contributed by atoms with van der Waals surface area (Å²) in [5.41, 5.74) is 1.56. The van der Waals surface area contributed by atoms with Crippen LogP contribution in [0.1, 0.15) is 58.1 Å². The van der Waals surface area contributed by atoms with E-state index in [1.165, 1.54) is 6.08 Å². The summed E-state index contributed by atoms with van der Waals surface area (Å²) in [7, 11) is 0. The SMILES string of the molecule is CC(C)COC(=O)N[C@@H](CCC(=O)O)C(=O)N[C@@H](CC(C)C)C(=O)N[C@@H](CS)C(=O)NCCc1cccc(/C=C/C(=O)O)c1. The number of carbonyl (C=O) groups excluding carboxylic acids is 4. The maximum absolute atomic E-state index is 13.2. The molecule has 0 aromatic heterocycles. The third kappa shape index (κ3) is 16.0. The van der Waals surface area contributed by atoms with Gasteiger partial charge in [-0.15, -0.1) is 0 Å². The van der Waals surface area contributed by atoms with Gasteiger partial charge in [0.1, 0.15) is 18.1 Å². The standard InChI is InChI=1S/C30H44N4O9S/c1-18(2)14-23(32-28(40)22(9-11-26(37)38)34-30(42)43-16-19(3)4)29(41)33-24(17-44)27(39)31-13-12-21-7-5-6-20(15-21)8-10-25(35)36/h5-8,10,15,18-19,22-24,44H,9,11-14,16-17H2,1-4H3,(H,31,39)(H,32,40)(H,33,41)(H,34,42)(H,35,36)(H,37,38)/b10-8+/t22-,23-,24-/m0/s1. The molecule has 0 radical (unpaired) electrons. The smallest absolute Gasteiger partial charge is 0.407 e. The first-order chi connectivity index (χ1) is 20.7. The predicted octanol–water partition coefficient (Wildman–Crippen LogP) is 2.00. The molecule has 0 fully saturated rings. The molecule has 0 saturated carbocycles. The number of thiol groups is 1. The van der Waals surface area contributed by atoms with Gasteiger partial charge in [0, 0.05) is 24.8 Å². The monoisotopic (exact) mass is 636 g/mol. The molecule has 0 aliphatic rings. The van der Waals surface area contributed by atoms with Gasteiger partial charge in [-0.3, -0.25) is 19.2 Å². The Kier molecular flexibility index (Phi) is 17.2. The first-order valence-corrected chi connectivity index (χ1v) is 15.0. The molecule has 0 aliphatic heterocycles. The van der Waals surface area contributed by atoms with E-state index in [9.17, 15) is 28.8 Å². The van der Waals surface area contributed by atoms with Crippen LogP contribution >= 0.6 is 12.6 Å². The Hall–Kier alpha value is -4.07. The Morgan fingerprint density at radius 1 is 0.886 bits per heavy atom. The molecule has 14 heteroatoms. The third-order valence-corrected chi connectivity index (χ3v) is 6.41. The van der Waals surface area contributed by atoms with Crippen molar-refractivity contribution in [3.8, 4) is 0 Å². The maximum atomic E-state index is 13.2. The molecule has 244 valence electrons. The summed E-state index contributed by atoms with van der Waals surface area (Å²) in [6.07, 6.45) is 1.63. The first-order valence-electron chi connectivity index (χ1n) is 14.4. The fraction of sp³-hybridized carbons (Fsp3) is 0.533. The van der Waals surface area contributed by atoms with Crippen LogP contribution in [0.5, 0.6) is 0 Å².